The molecule has 1 atom stereocenters. The Labute approximate surface area is 52.9 Å². The monoisotopic (exact) mass is 136 g/mol. The Morgan fingerprint density at radius 2 is 1.75 bits per heavy atom. The van der Waals surface area contributed by atoms with Crippen molar-refractivity contribution < 1.29 is 8.39 Å². The standard InChI is InChI=1S/C5H12O2S/c1-5(2,3)8(6)7-4/h1-4H3/t8-/m1/s1. The minimum Gasteiger partial charge on any atom is -0.294 e. The molecule has 8 heavy (non-hydrogen) atoms. The van der Waals surface area contributed by atoms with Crippen molar-refractivity contribution in [3.63, 3.8) is 0 Å². The van der Waals surface area contributed by atoms with Gasteiger partial charge in [-0.25, -0.2) is 4.21 Å². The van der Waals surface area contributed by atoms with Gasteiger partial charge in [-0.2, -0.15) is 0 Å². The van der Waals surface area contributed by atoms with Crippen molar-refractivity contribution >= 4 is 11.1 Å². The zero-order chi connectivity index (χ0) is 6.78. The van der Waals surface area contributed by atoms with Crippen LogP contribution in [-0.4, -0.2) is 16.1 Å². The van der Waals surface area contributed by atoms with E-state index in [0.717, 1.165) is 0 Å². The van der Waals surface area contributed by atoms with E-state index in [9.17, 15) is 4.21 Å². The highest BCUT2D eigenvalue weighted by Gasteiger charge is 2.18. The highest BCUT2D eigenvalue weighted by atomic mass is 32.2. The summed E-state index contributed by atoms with van der Waals surface area (Å²) in [5.74, 6) is 0. The van der Waals surface area contributed by atoms with Crippen LogP contribution < -0.4 is 0 Å². The van der Waals surface area contributed by atoms with Gasteiger partial charge in [0.2, 0.25) is 0 Å². The molecule has 0 aliphatic carbocycles. The zero-order valence-corrected chi connectivity index (χ0v) is 6.54. The first-order valence-corrected chi connectivity index (χ1v) is 3.52. The van der Waals surface area contributed by atoms with E-state index in [1.54, 1.807) is 0 Å². The maximum atomic E-state index is 10.7. The molecule has 0 rings (SSSR count). The molecule has 50 valence electrons. The molecule has 2 nitrogen and oxygen atoms in total. The van der Waals surface area contributed by atoms with Crippen molar-refractivity contribution in [3.8, 4) is 0 Å². The average Bonchev–Trinajstić information content (AvgIpc) is 1.62. The van der Waals surface area contributed by atoms with E-state index in [4.69, 9.17) is 0 Å². The lowest BCUT2D eigenvalue weighted by molar-refractivity contribution is 0.426. The fourth-order valence-corrected chi connectivity index (χ4v) is 0.750. The predicted octanol–water partition coefficient (Wildman–Crippen LogP) is 1.10. The van der Waals surface area contributed by atoms with Crippen LogP contribution in [0.15, 0.2) is 0 Å². The fourth-order valence-electron chi connectivity index (χ4n) is 0.250. The molecule has 0 aromatic heterocycles. The molecule has 0 saturated heterocycles. The molecule has 0 aromatic rings. The summed E-state index contributed by atoms with van der Waals surface area (Å²) in [5, 5.41) is 0. The van der Waals surface area contributed by atoms with Crippen LogP contribution in [0.4, 0.5) is 0 Å². The molecule has 0 spiro atoms. The fraction of sp³-hybridized carbons (Fsp3) is 1.00. The maximum Gasteiger partial charge on any atom is 0.160 e. The van der Waals surface area contributed by atoms with Gasteiger partial charge < -0.3 is 0 Å². The first kappa shape index (κ1) is 8.11. The summed E-state index contributed by atoms with van der Waals surface area (Å²) in [6, 6.07) is 0. The molecule has 3 heteroatoms. The molecule has 0 aliphatic heterocycles. The van der Waals surface area contributed by atoms with Crippen molar-refractivity contribution in [1.82, 2.24) is 0 Å². The van der Waals surface area contributed by atoms with Crippen LogP contribution in [-0.2, 0) is 15.3 Å². The van der Waals surface area contributed by atoms with Gasteiger partial charge in [-0.1, -0.05) is 0 Å². The highest BCUT2D eigenvalue weighted by molar-refractivity contribution is 7.81. The van der Waals surface area contributed by atoms with E-state index in [0.29, 0.717) is 0 Å². The third-order valence-electron chi connectivity index (χ3n) is 0.651. The minimum atomic E-state index is -1.14. The van der Waals surface area contributed by atoms with Gasteiger partial charge >= 0.3 is 0 Å². The quantitative estimate of drug-likeness (QED) is 0.539. The Morgan fingerprint density at radius 1 is 1.38 bits per heavy atom. The SMILES string of the molecule is CO[S@@](=O)C(C)(C)C. The van der Waals surface area contributed by atoms with Gasteiger partial charge in [0.15, 0.2) is 11.1 Å². The Bertz CT molecular complexity index is 93.1. The van der Waals surface area contributed by atoms with E-state index < -0.39 is 11.1 Å². The molecular formula is C5H12O2S. The molecule has 0 saturated carbocycles. The Balaban J connectivity index is 3.82. The van der Waals surface area contributed by atoms with Gasteiger partial charge in [0.05, 0.1) is 11.9 Å². The van der Waals surface area contributed by atoms with Crippen LogP contribution >= 0.6 is 0 Å². The predicted molar refractivity (Wildman–Crippen MR) is 34.9 cm³/mol. The summed E-state index contributed by atoms with van der Waals surface area (Å²) in [7, 11) is 1.45. The lowest BCUT2D eigenvalue weighted by atomic mass is 10.3. The molecule has 0 unspecified atom stereocenters. The van der Waals surface area contributed by atoms with Gasteiger partial charge in [0.1, 0.15) is 0 Å². The zero-order valence-electron chi connectivity index (χ0n) is 5.72. The normalized spacial score (nSPS) is 16.0. The van der Waals surface area contributed by atoms with Crippen molar-refractivity contribution in [3.05, 3.63) is 0 Å². The summed E-state index contributed by atoms with van der Waals surface area (Å²) in [6.45, 7) is 5.60. The lowest BCUT2D eigenvalue weighted by Gasteiger charge is -2.13. The molecular weight excluding hydrogens is 124 g/mol. The molecule has 0 N–H and O–H groups in total. The topological polar surface area (TPSA) is 26.3 Å². The second kappa shape index (κ2) is 2.60. The molecule has 0 heterocycles. The van der Waals surface area contributed by atoms with Crippen LogP contribution in [0.3, 0.4) is 0 Å². The smallest absolute Gasteiger partial charge is 0.160 e. The summed E-state index contributed by atoms with van der Waals surface area (Å²) >= 11 is -1.14. The van der Waals surface area contributed by atoms with Crippen molar-refractivity contribution in [1.29, 1.82) is 0 Å². The van der Waals surface area contributed by atoms with Crippen molar-refractivity contribution in [2.75, 3.05) is 7.11 Å². The summed E-state index contributed by atoms with van der Waals surface area (Å²) in [6.07, 6.45) is 0. The summed E-state index contributed by atoms with van der Waals surface area (Å²) in [5.41, 5.74) is 0. The number of hydrogen-bond acceptors (Lipinski definition) is 2. The summed E-state index contributed by atoms with van der Waals surface area (Å²) < 4.78 is 15.1. The van der Waals surface area contributed by atoms with E-state index in [1.165, 1.54) is 7.11 Å². The Kier molecular flexibility index (Phi) is 2.63. The molecule has 0 aromatic carbocycles. The molecule has 0 fully saturated rings. The molecule has 0 radical (unpaired) electrons. The van der Waals surface area contributed by atoms with Gasteiger partial charge in [0.25, 0.3) is 0 Å². The third kappa shape index (κ3) is 2.43. The van der Waals surface area contributed by atoms with Crippen molar-refractivity contribution in [2.24, 2.45) is 0 Å². The Hall–Kier alpha value is 0.110. The van der Waals surface area contributed by atoms with Gasteiger partial charge in [-0.15, -0.1) is 0 Å². The van der Waals surface area contributed by atoms with Crippen LogP contribution in [0.5, 0.6) is 0 Å². The van der Waals surface area contributed by atoms with Crippen LogP contribution in [0.2, 0.25) is 0 Å². The third-order valence-corrected chi connectivity index (χ3v) is 1.95. The molecule has 0 aliphatic rings. The van der Waals surface area contributed by atoms with Crippen LogP contribution in [0, 0.1) is 0 Å². The first-order valence-electron chi connectivity index (χ1n) is 2.45. The minimum absolute atomic E-state index is 0.241. The van der Waals surface area contributed by atoms with E-state index in [1.807, 2.05) is 20.8 Å². The van der Waals surface area contributed by atoms with Gasteiger partial charge in [-0.05, 0) is 20.8 Å². The van der Waals surface area contributed by atoms with E-state index in [-0.39, 0.29) is 4.75 Å². The van der Waals surface area contributed by atoms with Crippen molar-refractivity contribution in [2.45, 2.75) is 25.5 Å². The molecule has 0 bridgehead atoms. The van der Waals surface area contributed by atoms with Gasteiger partial charge in [-0.3, -0.25) is 4.18 Å². The second-order valence-electron chi connectivity index (χ2n) is 2.51. The van der Waals surface area contributed by atoms with E-state index in [2.05, 4.69) is 4.18 Å². The van der Waals surface area contributed by atoms with Crippen LogP contribution in [0.25, 0.3) is 0 Å². The first-order chi connectivity index (χ1) is 3.48. The van der Waals surface area contributed by atoms with Gasteiger partial charge in [0, 0.05) is 0 Å². The average molecular weight is 136 g/mol. The van der Waals surface area contributed by atoms with Crippen LogP contribution in [0.1, 0.15) is 20.8 Å². The highest BCUT2D eigenvalue weighted by Crippen LogP contribution is 2.10. The lowest BCUT2D eigenvalue weighted by Crippen LogP contribution is -2.22. The second-order valence-corrected chi connectivity index (χ2v) is 4.54. The summed E-state index contributed by atoms with van der Waals surface area (Å²) in [4.78, 5) is 0. The van der Waals surface area contributed by atoms with E-state index >= 15 is 0 Å². The molecule has 0 amide bonds. The largest absolute Gasteiger partial charge is 0.294 e. The number of rotatable bonds is 1. The Morgan fingerprint density at radius 3 is 1.75 bits per heavy atom. The maximum absolute atomic E-state index is 10.7. The number of hydrogen-bond donors (Lipinski definition) is 0.